The van der Waals surface area contributed by atoms with E-state index in [2.05, 4.69) is 40.9 Å². The maximum Gasteiger partial charge on any atom is 0.228 e. The number of hydrogen-bond donors (Lipinski definition) is 2. The Hall–Kier alpha value is -4.28. The van der Waals surface area contributed by atoms with Crippen molar-refractivity contribution in [3.8, 4) is 17.0 Å². The summed E-state index contributed by atoms with van der Waals surface area (Å²) in [5.74, 6) is 1.82. The normalized spacial score (nSPS) is 12.3. The van der Waals surface area contributed by atoms with Crippen LogP contribution in [-0.4, -0.2) is 36.6 Å². The second kappa shape index (κ2) is 7.76. The lowest BCUT2D eigenvalue weighted by Crippen LogP contribution is -2.17. The molecule has 0 amide bonds. The summed E-state index contributed by atoms with van der Waals surface area (Å²) in [6.07, 6.45) is 3.43. The van der Waals surface area contributed by atoms with Gasteiger partial charge in [0.15, 0.2) is 5.82 Å². The Morgan fingerprint density at radius 3 is 2.78 bits per heavy atom. The van der Waals surface area contributed by atoms with Crippen LogP contribution in [0.1, 0.15) is 18.3 Å². The van der Waals surface area contributed by atoms with Crippen LogP contribution in [0.25, 0.3) is 11.3 Å². The number of benzene rings is 1. The third kappa shape index (κ3) is 3.43. The first-order chi connectivity index (χ1) is 15.5. The zero-order valence-corrected chi connectivity index (χ0v) is 18.2. The standard InChI is InChI=1S/C21H22N10O/c1-5-32-19-7-6-14-8-18(19)31(14)29-27-17-11-22-21(24-12(17)2)25-20-9-16(26-28-20)15-10-23-30(4)13(15)3/h6-11H,5H2,1-4H3,(H2,22,24,25,26,28). The van der Waals surface area contributed by atoms with Gasteiger partial charge in [0.25, 0.3) is 0 Å². The second-order valence-electron chi connectivity index (χ2n) is 7.31. The van der Waals surface area contributed by atoms with E-state index in [0.717, 1.165) is 34.1 Å². The summed E-state index contributed by atoms with van der Waals surface area (Å²) in [6, 6.07) is 7.78. The molecule has 4 aromatic rings. The van der Waals surface area contributed by atoms with Crippen molar-refractivity contribution in [3.63, 3.8) is 0 Å². The molecule has 3 aromatic heterocycles. The van der Waals surface area contributed by atoms with Crippen molar-refractivity contribution >= 4 is 28.8 Å². The summed E-state index contributed by atoms with van der Waals surface area (Å²) < 4.78 is 7.42. The molecule has 0 unspecified atom stereocenters. The first-order valence-electron chi connectivity index (χ1n) is 10.2. The number of aromatic nitrogens is 6. The van der Waals surface area contributed by atoms with Gasteiger partial charge in [-0.25, -0.2) is 15.0 Å². The molecule has 2 bridgehead atoms. The van der Waals surface area contributed by atoms with Crippen LogP contribution in [-0.2, 0) is 7.05 Å². The van der Waals surface area contributed by atoms with Gasteiger partial charge in [-0.2, -0.15) is 10.2 Å². The maximum atomic E-state index is 5.61. The van der Waals surface area contributed by atoms with Gasteiger partial charge >= 0.3 is 0 Å². The van der Waals surface area contributed by atoms with Gasteiger partial charge in [0, 0.05) is 24.4 Å². The van der Waals surface area contributed by atoms with E-state index in [1.165, 1.54) is 0 Å². The number of nitrogens with one attached hydrogen (secondary N) is 2. The zero-order valence-electron chi connectivity index (χ0n) is 18.2. The van der Waals surface area contributed by atoms with Crippen LogP contribution in [0.3, 0.4) is 0 Å². The molecule has 1 aromatic carbocycles. The minimum atomic E-state index is 0.426. The van der Waals surface area contributed by atoms with E-state index in [0.29, 0.717) is 29.8 Å². The predicted molar refractivity (Wildman–Crippen MR) is 120 cm³/mol. The van der Waals surface area contributed by atoms with Crippen molar-refractivity contribution in [1.82, 2.24) is 29.9 Å². The number of aromatic amines is 1. The Balaban J connectivity index is 1.28. The molecular weight excluding hydrogens is 408 g/mol. The number of aryl methyl sites for hydroxylation is 2. The molecule has 2 N–H and O–H groups in total. The van der Waals surface area contributed by atoms with Crippen molar-refractivity contribution in [2.75, 3.05) is 16.9 Å². The van der Waals surface area contributed by atoms with Gasteiger partial charge in [-0.05, 0) is 39.0 Å². The van der Waals surface area contributed by atoms with Crippen LogP contribution in [0, 0.1) is 13.8 Å². The smallest absolute Gasteiger partial charge is 0.228 e. The highest BCUT2D eigenvalue weighted by molar-refractivity contribution is 5.82. The van der Waals surface area contributed by atoms with Gasteiger partial charge in [-0.15, -0.1) is 5.11 Å². The van der Waals surface area contributed by atoms with E-state index in [-0.39, 0.29) is 0 Å². The molecule has 162 valence electrons. The minimum Gasteiger partial charge on any atom is -0.492 e. The van der Waals surface area contributed by atoms with Crippen molar-refractivity contribution < 1.29 is 4.74 Å². The van der Waals surface area contributed by atoms with E-state index in [1.54, 1.807) is 17.4 Å². The summed E-state index contributed by atoms with van der Waals surface area (Å²) >= 11 is 0. The SMILES string of the molecule is CCOc1ccc2cc1N2N=Nc1cnc(Nc2cc(-c3cnn(C)c3C)[nH]n2)nc1C. The maximum absolute atomic E-state index is 5.61. The number of nitrogens with zero attached hydrogens (tertiary/aromatic N) is 8. The van der Waals surface area contributed by atoms with Crippen molar-refractivity contribution in [3.05, 3.63) is 48.0 Å². The molecule has 11 nitrogen and oxygen atoms in total. The molecule has 2 aliphatic rings. The lowest BCUT2D eigenvalue weighted by atomic mass is 10.1. The van der Waals surface area contributed by atoms with E-state index < -0.39 is 0 Å². The van der Waals surface area contributed by atoms with E-state index >= 15 is 0 Å². The van der Waals surface area contributed by atoms with Crippen LogP contribution in [0.4, 0.5) is 28.8 Å². The van der Waals surface area contributed by atoms with Crippen LogP contribution < -0.4 is 15.1 Å². The largest absolute Gasteiger partial charge is 0.492 e. The average Bonchev–Trinajstić information content (AvgIpc) is 3.36. The third-order valence-corrected chi connectivity index (χ3v) is 5.25. The minimum absolute atomic E-state index is 0.426. The highest BCUT2D eigenvalue weighted by atomic mass is 16.5. The molecule has 0 radical (unpaired) electrons. The van der Waals surface area contributed by atoms with Gasteiger partial charge in [0.1, 0.15) is 17.1 Å². The fraction of sp³-hybridized carbons (Fsp3) is 0.238. The van der Waals surface area contributed by atoms with Gasteiger partial charge in [0.2, 0.25) is 5.95 Å². The second-order valence-corrected chi connectivity index (χ2v) is 7.31. The zero-order chi connectivity index (χ0) is 22.2. The Morgan fingerprint density at radius 1 is 1.19 bits per heavy atom. The fourth-order valence-electron chi connectivity index (χ4n) is 3.37. The average molecular weight is 430 g/mol. The van der Waals surface area contributed by atoms with Crippen molar-refractivity contribution in [2.45, 2.75) is 20.8 Å². The lowest BCUT2D eigenvalue weighted by molar-refractivity contribution is 0.340. The van der Waals surface area contributed by atoms with Crippen molar-refractivity contribution in [2.24, 2.45) is 17.4 Å². The molecule has 0 fully saturated rings. The van der Waals surface area contributed by atoms with Gasteiger partial charge in [-0.1, -0.05) is 5.22 Å². The molecule has 0 saturated carbocycles. The highest BCUT2D eigenvalue weighted by Gasteiger charge is 2.24. The molecule has 0 saturated heterocycles. The molecule has 0 spiro atoms. The Kier molecular flexibility index (Phi) is 4.77. The van der Waals surface area contributed by atoms with E-state index in [9.17, 15) is 0 Å². The van der Waals surface area contributed by atoms with Gasteiger partial charge in [-0.3, -0.25) is 9.78 Å². The number of hydrogen-bond acceptors (Lipinski definition) is 8. The van der Waals surface area contributed by atoms with Crippen LogP contribution in [0.2, 0.25) is 0 Å². The first-order valence-corrected chi connectivity index (χ1v) is 10.2. The van der Waals surface area contributed by atoms with Gasteiger partial charge < -0.3 is 10.1 Å². The first kappa shape index (κ1) is 19.7. The molecule has 11 heteroatoms. The van der Waals surface area contributed by atoms with E-state index in [4.69, 9.17) is 4.74 Å². The summed E-state index contributed by atoms with van der Waals surface area (Å²) in [4.78, 5) is 8.83. The molecule has 6 rings (SSSR count). The molecule has 0 atom stereocenters. The number of fused-ring (bicyclic) bond motifs is 2. The van der Waals surface area contributed by atoms with Gasteiger partial charge in [0.05, 0.1) is 36.1 Å². The summed E-state index contributed by atoms with van der Waals surface area (Å²) in [5, 5.41) is 25.0. The molecule has 32 heavy (non-hydrogen) atoms. The quantitative estimate of drug-likeness (QED) is 0.414. The molecule has 5 heterocycles. The number of anilines is 4. The van der Waals surface area contributed by atoms with Crippen molar-refractivity contribution in [1.29, 1.82) is 0 Å². The predicted octanol–water partition coefficient (Wildman–Crippen LogP) is 4.51. The Labute approximate surface area is 184 Å². The Morgan fingerprint density at radius 2 is 2.06 bits per heavy atom. The topological polar surface area (TPSA) is 122 Å². The van der Waals surface area contributed by atoms with E-state index in [1.807, 2.05) is 56.8 Å². The summed E-state index contributed by atoms with van der Waals surface area (Å²) in [7, 11) is 1.90. The lowest BCUT2D eigenvalue weighted by Gasteiger charge is -2.29. The highest BCUT2D eigenvalue weighted by Crippen LogP contribution is 2.45. The monoisotopic (exact) mass is 430 g/mol. The molecular formula is C21H22N10O. The molecule has 0 aliphatic carbocycles. The number of ether oxygens (including phenoxy) is 1. The van der Waals surface area contributed by atoms with Crippen LogP contribution in [0.5, 0.6) is 5.75 Å². The Bertz CT molecular complexity index is 1320. The number of H-pyrrole nitrogens is 1. The van der Waals surface area contributed by atoms with Crippen LogP contribution >= 0.6 is 0 Å². The molecule has 2 aliphatic heterocycles. The third-order valence-electron chi connectivity index (χ3n) is 5.25. The fourth-order valence-corrected chi connectivity index (χ4v) is 3.37. The summed E-state index contributed by atoms with van der Waals surface area (Å²) in [6.45, 7) is 6.41. The van der Waals surface area contributed by atoms with Crippen LogP contribution in [0.15, 0.2) is 47.0 Å². The summed E-state index contributed by atoms with van der Waals surface area (Å²) in [5.41, 5.74) is 6.03. The number of rotatable bonds is 7.